The molecular weight excluding hydrogens is 402 g/mol. The second-order valence-electron chi connectivity index (χ2n) is 4.77. The number of halogens is 1. The van der Waals surface area contributed by atoms with Gasteiger partial charge in [0, 0.05) is 16.6 Å². The van der Waals surface area contributed by atoms with Crippen LogP contribution >= 0.6 is 15.9 Å². The van der Waals surface area contributed by atoms with E-state index < -0.39 is 14.9 Å². The highest BCUT2D eigenvalue weighted by atomic mass is 79.9. The summed E-state index contributed by atoms with van der Waals surface area (Å²) in [7, 11) is -2.62. The smallest absolute Gasteiger partial charge is 0.273 e. The van der Waals surface area contributed by atoms with Crippen LogP contribution in [0.2, 0.25) is 0 Å². The zero-order valence-electron chi connectivity index (χ0n) is 12.2. The van der Waals surface area contributed by atoms with Gasteiger partial charge in [-0.25, -0.2) is 17.4 Å². The molecule has 0 radical (unpaired) electrons. The van der Waals surface area contributed by atoms with Crippen LogP contribution in [-0.4, -0.2) is 29.4 Å². The molecule has 3 rings (SSSR count). The molecule has 0 aliphatic heterocycles. The highest BCUT2D eigenvalue weighted by molar-refractivity contribution is 9.10. The van der Waals surface area contributed by atoms with Crippen LogP contribution in [0.1, 0.15) is 0 Å². The summed E-state index contributed by atoms with van der Waals surface area (Å²) < 4.78 is 32.6. The average molecular weight is 412 g/mol. The molecule has 0 N–H and O–H groups in total. The van der Waals surface area contributed by atoms with E-state index in [0.29, 0.717) is 4.47 Å². The van der Waals surface area contributed by atoms with Crippen LogP contribution in [-0.2, 0) is 10.0 Å². The first kappa shape index (κ1) is 16.4. The maximum Gasteiger partial charge on any atom is 0.273 e. The Morgan fingerprint density at radius 2 is 2.00 bits per heavy atom. The molecule has 0 aliphatic carbocycles. The normalized spacial score (nSPS) is 11.6. The van der Waals surface area contributed by atoms with Crippen molar-refractivity contribution in [1.82, 2.24) is 8.96 Å². The molecule has 124 valence electrons. The van der Waals surface area contributed by atoms with Crippen LogP contribution < -0.4 is 4.74 Å². The van der Waals surface area contributed by atoms with Crippen molar-refractivity contribution in [2.45, 2.75) is 4.90 Å². The molecule has 2 aromatic carbocycles. The van der Waals surface area contributed by atoms with E-state index in [0.717, 1.165) is 10.3 Å². The standard InChI is InChI=1S/C14H10BrN3O5S/c1-23-13-5-2-9(15)6-14(13)24(21,22)17-8-16-11-7-10(18(19)20)3-4-12(11)17/h2-8H,1H3. The number of non-ortho nitro benzene ring substituents is 1. The molecule has 0 bridgehead atoms. The third kappa shape index (κ3) is 2.63. The molecule has 10 heteroatoms. The van der Waals surface area contributed by atoms with Gasteiger partial charge in [-0.15, -0.1) is 0 Å². The topological polar surface area (TPSA) is 104 Å². The lowest BCUT2D eigenvalue weighted by Gasteiger charge is -2.11. The minimum Gasteiger partial charge on any atom is -0.495 e. The van der Waals surface area contributed by atoms with E-state index in [2.05, 4.69) is 20.9 Å². The van der Waals surface area contributed by atoms with E-state index in [1.807, 2.05) is 0 Å². The van der Waals surface area contributed by atoms with Crippen molar-refractivity contribution in [1.29, 1.82) is 0 Å². The number of aromatic nitrogens is 2. The van der Waals surface area contributed by atoms with E-state index in [1.54, 1.807) is 6.07 Å². The Morgan fingerprint density at radius 1 is 1.25 bits per heavy atom. The number of imidazole rings is 1. The van der Waals surface area contributed by atoms with Gasteiger partial charge < -0.3 is 4.74 Å². The van der Waals surface area contributed by atoms with Gasteiger partial charge in [0.05, 0.1) is 23.1 Å². The maximum absolute atomic E-state index is 12.9. The summed E-state index contributed by atoms with van der Waals surface area (Å²) in [6.07, 6.45) is 1.12. The van der Waals surface area contributed by atoms with Crippen molar-refractivity contribution in [3.8, 4) is 5.75 Å². The first-order valence-electron chi connectivity index (χ1n) is 6.55. The summed E-state index contributed by atoms with van der Waals surface area (Å²) in [6.45, 7) is 0. The van der Waals surface area contributed by atoms with E-state index in [-0.39, 0.29) is 27.4 Å². The predicted molar refractivity (Wildman–Crippen MR) is 89.7 cm³/mol. The number of nitrogens with zero attached hydrogens (tertiary/aromatic N) is 3. The lowest BCUT2D eigenvalue weighted by atomic mass is 10.3. The van der Waals surface area contributed by atoms with Crippen molar-refractivity contribution >= 4 is 42.7 Å². The molecule has 0 unspecified atom stereocenters. The zero-order valence-corrected chi connectivity index (χ0v) is 14.6. The number of benzene rings is 2. The summed E-state index contributed by atoms with van der Waals surface area (Å²) in [5.74, 6) is 0.182. The Hall–Kier alpha value is -2.46. The number of hydrogen-bond donors (Lipinski definition) is 0. The number of methoxy groups -OCH3 is 1. The van der Waals surface area contributed by atoms with Gasteiger partial charge in [-0.1, -0.05) is 15.9 Å². The SMILES string of the molecule is COc1ccc(Br)cc1S(=O)(=O)n1cnc2cc([N+](=O)[O-])ccc21. The molecule has 0 atom stereocenters. The van der Waals surface area contributed by atoms with E-state index >= 15 is 0 Å². The van der Waals surface area contributed by atoms with Gasteiger partial charge >= 0.3 is 0 Å². The van der Waals surface area contributed by atoms with Gasteiger partial charge in [0.1, 0.15) is 17.0 Å². The monoisotopic (exact) mass is 411 g/mol. The molecule has 3 aromatic rings. The highest BCUT2D eigenvalue weighted by Crippen LogP contribution is 2.31. The van der Waals surface area contributed by atoms with Crippen LogP contribution in [0.15, 0.2) is 52.1 Å². The van der Waals surface area contributed by atoms with Crippen LogP contribution in [0.3, 0.4) is 0 Å². The zero-order chi connectivity index (χ0) is 17.5. The van der Waals surface area contributed by atoms with E-state index in [1.165, 1.54) is 37.4 Å². The second kappa shape index (κ2) is 5.87. The summed E-state index contributed by atoms with van der Waals surface area (Å²) >= 11 is 3.24. The van der Waals surface area contributed by atoms with Crippen LogP contribution in [0.5, 0.6) is 5.75 Å². The molecule has 1 aromatic heterocycles. The summed E-state index contributed by atoms with van der Waals surface area (Å²) in [5, 5.41) is 10.8. The Morgan fingerprint density at radius 3 is 2.67 bits per heavy atom. The number of hydrogen-bond acceptors (Lipinski definition) is 6. The van der Waals surface area contributed by atoms with Crippen molar-refractivity contribution in [3.63, 3.8) is 0 Å². The highest BCUT2D eigenvalue weighted by Gasteiger charge is 2.24. The second-order valence-corrected chi connectivity index (χ2v) is 7.47. The molecule has 0 saturated heterocycles. The first-order valence-corrected chi connectivity index (χ1v) is 8.78. The Labute approximate surface area is 145 Å². The van der Waals surface area contributed by atoms with Gasteiger partial charge in [-0.05, 0) is 24.3 Å². The van der Waals surface area contributed by atoms with Crippen LogP contribution in [0.25, 0.3) is 11.0 Å². The predicted octanol–water partition coefficient (Wildman–Crippen LogP) is 2.95. The van der Waals surface area contributed by atoms with Gasteiger partial charge in [0.15, 0.2) is 0 Å². The molecule has 1 heterocycles. The fourth-order valence-electron chi connectivity index (χ4n) is 2.24. The summed E-state index contributed by atoms with van der Waals surface area (Å²) in [4.78, 5) is 14.2. The Bertz CT molecular complexity index is 1060. The maximum atomic E-state index is 12.9. The fourth-order valence-corrected chi connectivity index (χ4v) is 4.23. The van der Waals surface area contributed by atoms with Gasteiger partial charge in [0.25, 0.3) is 15.7 Å². The van der Waals surface area contributed by atoms with Crippen molar-refractivity contribution in [2.24, 2.45) is 0 Å². The largest absolute Gasteiger partial charge is 0.495 e. The molecule has 0 fully saturated rings. The van der Waals surface area contributed by atoms with Crippen molar-refractivity contribution in [3.05, 3.63) is 57.3 Å². The lowest BCUT2D eigenvalue weighted by Crippen LogP contribution is -2.13. The average Bonchev–Trinajstić information content (AvgIpc) is 2.98. The first-order chi connectivity index (χ1) is 11.3. The fraction of sp³-hybridized carbons (Fsp3) is 0.0714. The molecule has 8 nitrogen and oxygen atoms in total. The molecule has 0 saturated carbocycles. The van der Waals surface area contributed by atoms with Gasteiger partial charge in [0.2, 0.25) is 0 Å². The third-order valence-electron chi connectivity index (χ3n) is 3.37. The van der Waals surface area contributed by atoms with Crippen LogP contribution in [0, 0.1) is 10.1 Å². The Balaban J connectivity index is 2.23. The molecule has 0 amide bonds. The van der Waals surface area contributed by atoms with E-state index in [9.17, 15) is 18.5 Å². The van der Waals surface area contributed by atoms with Crippen molar-refractivity contribution < 1.29 is 18.1 Å². The third-order valence-corrected chi connectivity index (χ3v) is 5.55. The summed E-state index contributed by atoms with van der Waals surface area (Å²) in [6, 6.07) is 8.41. The summed E-state index contributed by atoms with van der Waals surface area (Å²) in [5.41, 5.74) is 0.287. The molecular formula is C14H10BrN3O5S. The number of nitro groups is 1. The number of fused-ring (bicyclic) bond motifs is 1. The van der Waals surface area contributed by atoms with Crippen molar-refractivity contribution in [2.75, 3.05) is 7.11 Å². The van der Waals surface area contributed by atoms with Crippen LogP contribution in [0.4, 0.5) is 5.69 Å². The number of nitro benzene ring substituents is 1. The van der Waals surface area contributed by atoms with Gasteiger partial charge in [-0.2, -0.15) is 0 Å². The number of rotatable bonds is 4. The van der Waals surface area contributed by atoms with Gasteiger partial charge in [-0.3, -0.25) is 10.1 Å². The van der Waals surface area contributed by atoms with E-state index in [4.69, 9.17) is 4.74 Å². The Kier molecular flexibility index (Phi) is 4.01. The molecule has 0 spiro atoms. The molecule has 24 heavy (non-hydrogen) atoms. The minimum absolute atomic E-state index is 0.0444. The minimum atomic E-state index is -3.99. The quantitative estimate of drug-likeness (QED) is 0.482. The number of ether oxygens (including phenoxy) is 1. The lowest BCUT2D eigenvalue weighted by molar-refractivity contribution is -0.384. The molecule has 0 aliphatic rings.